The van der Waals surface area contributed by atoms with Crippen molar-refractivity contribution in [1.82, 2.24) is 9.78 Å². The number of nitrogens with two attached hydrogens (primary N) is 1. The molecule has 0 spiro atoms. The van der Waals surface area contributed by atoms with Gasteiger partial charge in [-0.2, -0.15) is 5.10 Å². The van der Waals surface area contributed by atoms with Gasteiger partial charge in [-0.25, -0.2) is 0 Å². The van der Waals surface area contributed by atoms with Crippen molar-refractivity contribution in [3.8, 4) is 5.75 Å². The van der Waals surface area contributed by atoms with Gasteiger partial charge in [-0.3, -0.25) is 4.68 Å². The maximum atomic E-state index is 5.94. The predicted molar refractivity (Wildman–Crippen MR) is 76.0 cm³/mol. The highest BCUT2D eigenvalue weighted by atomic mass is 16.5. The molecule has 0 fully saturated rings. The summed E-state index contributed by atoms with van der Waals surface area (Å²) >= 11 is 0. The van der Waals surface area contributed by atoms with Crippen LogP contribution in [0.15, 0.2) is 24.3 Å². The molecule has 0 bridgehead atoms. The van der Waals surface area contributed by atoms with Gasteiger partial charge in [0.25, 0.3) is 0 Å². The normalized spacial score (nSPS) is 10.7. The van der Waals surface area contributed by atoms with E-state index in [1.807, 2.05) is 36.9 Å². The van der Waals surface area contributed by atoms with Gasteiger partial charge in [0.2, 0.25) is 0 Å². The summed E-state index contributed by atoms with van der Waals surface area (Å²) in [4.78, 5) is 0. The van der Waals surface area contributed by atoms with Crippen LogP contribution in [-0.4, -0.2) is 9.78 Å². The number of aryl methyl sites for hydroxylation is 3. The molecule has 0 atom stereocenters. The van der Waals surface area contributed by atoms with Crippen molar-refractivity contribution in [2.45, 2.75) is 33.4 Å². The summed E-state index contributed by atoms with van der Waals surface area (Å²) in [5, 5.41) is 4.42. The smallest absolute Gasteiger partial charge is 0.130 e. The monoisotopic (exact) mass is 259 g/mol. The van der Waals surface area contributed by atoms with E-state index in [4.69, 9.17) is 10.5 Å². The van der Waals surface area contributed by atoms with Gasteiger partial charge >= 0.3 is 0 Å². The molecule has 0 aliphatic carbocycles. The molecule has 0 radical (unpaired) electrons. The fourth-order valence-corrected chi connectivity index (χ4v) is 2.11. The van der Waals surface area contributed by atoms with Gasteiger partial charge < -0.3 is 10.5 Å². The Labute approximate surface area is 114 Å². The molecule has 4 nitrogen and oxygen atoms in total. The molecule has 1 heterocycles. The standard InChI is InChI=1S/C15H21N3O/c1-4-13-8-14(18(3)17-13)10-19-15-11(2)6-5-7-12(15)9-16/h5-8H,4,9-10,16H2,1-3H3. The van der Waals surface area contributed by atoms with Gasteiger partial charge in [0.1, 0.15) is 12.4 Å². The van der Waals surface area contributed by atoms with Crippen molar-refractivity contribution < 1.29 is 4.74 Å². The van der Waals surface area contributed by atoms with E-state index in [0.29, 0.717) is 13.2 Å². The van der Waals surface area contributed by atoms with Crippen molar-refractivity contribution in [2.75, 3.05) is 0 Å². The molecular weight excluding hydrogens is 238 g/mol. The highest BCUT2D eigenvalue weighted by Gasteiger charge is 2.08. The Hall–Kier alpha value is -1.81. The minimum absolute atomic E-state index is 0.489. The zero-order valence-corrected chi connectivity index (χ0v) is 11.8. The minimum Gasteiger partial charge on any atom is -0.487 e. The second-order valence-electron chi connectivity index (χ2n) is 4.66. The zero-order chi connectivity index (χ0) is 13.8. The number of para-hydroxylation sites is 1. The fraction of sp³-hybridized carbons (Fsp3) is 0.400. The van der Waals surface area contributed by atoms with Crippen LogP contribution in [0.1, 0.15) is 29.4 Å². The predicted octanol–water partition coefficient (Wildman–Crippen LogP) is 2.33. The quantitative estimate of drug-likeness (QED) is 0.896. The van der Waals surface area contributed by atoms with E-state index >= 15 is 0 Å². The largest absolute Gasteiger partial charge is 0.487 e. The highest BCUT2D eigenvalue weighted by molar-refractivity contribution is 5.40. The van der Waals surface area contributed by atoms with Crippen LogP contribution in [0.25, 0.3) is 0 Å². The van der Waals surface area contributed by atoms with E-state index in [1.165, 1.54) is 0 Å². The lowest BCUT2D eigenvalue weighted by atomic mass is 10.1. The lowest BCUT2D eigenvalue weighted by Gasteiger charge is -2.13. The maximum absolute atomic E-state index is 5.94. The van der Waals surface area contributed by atoms with Crippen molar-refractivity contribution in [3.63, 3.8) is 0 Å². The van der Waals surface area contributed by atoms with E-state index in [1.54, 1.807) is 0 Å². The number of rotatable bonds is 5. The molecular formula is C15H21N3O. The fourth-order valence-electron chi connectivity index (χ4n) is 2.11. The summed E-state index contributed by atoms with van der Waals surface area (Å²) in [5.74, 6) is 0.893. The van der Waals surface area contributed by atoms with Crippen molar-refractivity contribution >= 4 is 0 Å². The van der Waals surface area contributed by atoms with E-state index in [2.05, 4.69) is 18.1 Å². The average molecular weight is 259 g/mol. The molecule has 0 unspecified atom stereocenters. The van der Waals surface area contributed by atoms with E-state index < -0.39 is 0 Å². The molecule has 1 aromatic heterocycles. The van der Waals surface area contributed by atoms with Crippen LogP contribution in [0.4, 0.5) is 0 Å². The molecule has 2 rings (SSSR count). The van der Waals surface area contributed by atoms with Gasteiger partial charge in [-0.1, -0.05) is 25.1 Å². The first kappa shape index (κ1) is 13.6. The Morgan fingerprint density at radius 1 is 1.37 bits per heavy atom. The van der Waals surface area contributed by atoms with Crippen LogP contribution >= 0.6 is 0 Å². The Morgan fingerprint density at radius 2 is 2.16 bits per heavy atom. The lowest BCUT2D eigenvalue weighted by molar-refractivity contribution is 0.290. The maximum Gasteiger partial charge on any atom is 0.130 e. The van der Waals surface area contributed by atoms with Crippen LogP contribution < -0.4 is 10.5 Å². The molecule has 2 aromatic rings. The van der Waals surface area contributed by atoms with E-state index in [9.17, 15) is 0 Å². The third-order valence-electron chi connectivity index (χ3n) is 3.27. The average Bonchev–Trinajstić information content (AvgIpc) is 2.77. The lowest BCUT2D eigenvalue weighted by Crippen LogP contribution is -2.07. The summed E-state index contributed by atoms with van der Waals surface area (Å²) in [6.07, 6.45) is 0.937. The van der Waals surface area contributed by atoms with Crippen molar-refractivity contribution in [2.24, 2.45) is 12.8 Å². The third kappa shape index (κ3) is 2.96. The minimum atomic E-state index is 0.489. The first-order valence-electron chi connectivity index (χ1n) is 6.58. The zero-order valence-electron chi connectivity index (χ0n) is 11.8. The number of hydrogen-bond acceptors (Lipinski definition) is 3. The summed E-state index contributed by atoms with van der Waals surface area (Å²) in [6.45, 7) is 5.14. The first-order chi connectivity index (χ1) is 9.15. The molecule has 2 N–H and O–H groups in total. The van der Waals surface area contributed by atoms with Crippen LogP contribution in [0.5, 0.6) is 5.75 Å². The number of benzene rings is 1. The first-order valence-corrected chi connectivity index (χ1v) is 6.58. The number of nitrogens with zero attached hydrogens (tertiary/aromatic N) is 2. The molecule has 102 valence electrons. The van der Waals surface area contributed by atoms with Gasteiger partial charge in [0, 0.05) is 19.2 Å². The summed E-state index contributed by atoms with van der Waals surface area (Å²) in [6, 6.07) is 8.13. The highest BCUT2D eigenvalue weighted by Crippen LogP contribution is 2.24. The summed E-state index contributed by atoms with van der Waals surface area (Å²) < 4.78 is 7.82. The topological polar surface area (TPSA) is 53.1 Å². The molecule has 1 aromatic carbocycles. The van der Waals surface area contributed by atoms with Crippen molar-refractivity contribution in [1.29, 1.82) is 0 Å². The molecule has 0 amide bonds. The second kappa shape index (κ2) is 5.89. The van der Waals surface area contributed by atoms with Crippen LogP contribution in [0.3, 0.4) is 0 Å². The summed E-state index contributed by atoms with van der Waals surface area (Å²) in [7, 11) is 1.94. The van der Waals surface area contributed by atoms with E-state index in [-0.39, 0.29) is 0 Å². The Kier molecular flexibility index (Phi) is 4.22. The van der Waals surface area contributed by atoms with Crippen molar-refractivity contribution in [3.05, 3.63) is 46.8 Å². The SMILES string of the molecule is CCc1cc(COc2c(C)cccc2CN)n(C)n1. The molecule has 0 saturated carbocycles. The Bertz CT molecular complexity index is 561. The van der Waals surface area contributed by atoms with Gasteiger partial charge in [0.05, 0.1) is 11.4 Å². The molecule has 0 saturated heterocycles. The second-order valence-corrected chi connectivity index (χ2v) is 4.66. The van der Waals surface area contributed by atoms with Gasteiger partial charge in [0.15, 0.2) is 0 Å². The Balaban J connectivity index is 2.16. The third-order valence-corrected chi connectivity index (χ3v) is 3.27. The Morgan fingerprint density at radius 3 is 2.79 bits per heavy atom. The number of aromatic nitrogens is 2. The van der Waals surface area contributed by atoms with Crippen LogP contribution in [0.2, 0.25) is 0 Å². The van der Waals surface area contributed by atoms with Gasteiger partial charge in [-0.15, -0.1) is 0 Å². The summed E-state index contributed by atoms with van der Waals surface area (Å²) in [5.41, 5.74) is 10.1. The van der Waals surface area contributed by atoms with Gasteiger partial charge in [-0.05, 0) is 25.0 Å². The molecule has 0 aliphatic heterocycles. The van der Waals surface area contributed by atoms with E-state index in [0.717, 1.165) is 34.7 Å². The number of ether oxygens (including phenoxy) is 1. The van der Waals surface area contributed by atoms with Crippen LogP contribution in [0, 0.1) is 6.92 Å². The number of hydrogen-bond donors (Lipinski definition) is 1. The molecule has 19 heavy (non-hydrogen) atoms. The molecule has 0 aliphatic rings. The van der Waals surface area contributed by atoms with Crippen LogP contribution in [-0.2, 0) is 26.6 Å². The molecule has 4 heteroatoms.